The van der Waals surface area contributed by atoms with Crippen molar-refractivity contribution in [2.75, 3.05) is 26.4 Å². The van der Waals surface area contributed by atoms with Gasteiger partial charge in [0.05, 0.1) is 18.2 Å². The van der Waals surface area contributed by atoms with E-state index in [0.717, 1.165) is 39.2 Å². The Hall–Kier alpha value is -0.120. The van der Waals surface area contributed by atoms with Crippen LogP contribution in [0.1, 0.15) is 46.5 Å². The minimum Gasteiger partial charge on any atom is -0.380 e. The predicted octanol–water partition coefficient (Wildman–Crippen LogP) is 2.35. The van der Waals surface area contributed by atoms with Crippen molar-refractivity contribution in [3.63, 3.8) is 0 Å². The van der Waals surface area contributed by atoms with Crippen molar-refractivity contribution in [1.82, 2.24) is 5.32 Å². The third-order valence-electron chi connectivity index (χ3n) is 3.32. The number of hydrogen-bond donors (Lipinski definition) is 1. The molecule has 16 heavy (non-hydrogen) atoms. The van der Waals surface area contributed by atoms with Crippen LogP contribution >= 0.6 is 0 Å². The minimum atomic E-state index is -0.0397. The molecule has 1 aliphatic heterocycles. The predicted molar refractivity (Wildman–Crippen MR) is 66.8 cm³/mol. The van der Waals surface area contributed by atoms with Crippen LogP contribution in [0.2, 0.25) is 0 Å². The number of ether oxygens (including phenoxy) is 2. The molecule has 0 aromatic rings. The SMILES string of the molecule is CCCOCC(NCC)C1(C)CCCCO1. The highest BCUT2D eigenvalue weighted by atomic mass is 16.5. The van der Waals surface area contributed by atoms with E-state index in [1.807, 2.05) is 0 Å². The van der Waals surface area contributed by atoms with E-state index in [2.05, 4.69) is 26.1 Å². The molecule has 1 rings (SSSR count). The van der Waals surface area contributed by atoms with E-state index in [0.29, 0.717) is 6.04 Å². The van der Waals surface area contributed by atoms with E-state index in [4.69, 9.17) is 9.47 Å². The van der Waals surface area contributed by atoms with Gasteiger partial charge in [0.25, 0.3) is 0 Å². The van der Waals surface area contributed by atoms with Gasteiger partial charge in [0.1, 0.15) is 0 Å². The van der Waals surface area contributed by atoms with E-state index in [-0.39, 0.29) is 5.60 Å². The first-order valence-corrected chi connectivity index (χ1v) is 6.68. The molecule has 0 aromatic carbocycles. The van der Waals surface area contributed by atoms with Crippen LogP contribution in [0.15, 0.2) is 0 Å². The fourth-order valence-corrected chi connectivity index (χ4v) is 2.27. The summed E-state index contributed by atoms with van der Waals surface area (Å²) in [5.41, 5.74) is -0.0397. The second kappa shape index (κ2) is 7.25. The van der Waals surface area contributed by atoms with Crippen molar-refractivity contribution >= 4 is 0 Å². The highest BCUT2D eigenvalue weighted by molar-refractivity contribution is 4.91. The Morgan fingerprint density at radius 1 is 1.38 bits per heavy atom. The van der Waals surface area contributed by atoms with Crippen LogP contribution in [0.5, 0.6) is 0 Å². The van der Waals surface area contributed by atoms with E-state index >= 15 is 0 Å². The molecule has 1 fully saturated rings. The molecule has 0 amide bonds. The molecule has 3 heteroatoms. The Morgan fingerprint density at radius 3 is 2.75 bits per heavy atom. The molecule has 2 unspecified atom stereocenters. The quantitative estimate of drug-likeness (QED) is 0.680. The lowest BCUT2D eigenvalue weighted by atomic mass is 9.88. The van der Waals surface area contributed by atoms with Crippen LogP contribution < -0.4 is 5.32 Å². The monoisotopic (exact) mass is 229 g/mol. The van der Waals surface area contributed by atoms with Gasteiger partial charge in [0.2, 0.25) is 0 Å². The molecule has 0 bridgehead atoms. The van der Waals surface area contributed by atoms with Crippen molar-refractivity contribution in [1.29, 1.82) is 0 Å². The summed E-state index contributed by atoms with van der Waals surface area (Å²) < 4.78 is 11.6. The molecular formula is C13H27NO2. The smallest absolute Gasteiger partial charge is 0.0829 e. The van der Waals surface area contributed by atoms with Crippen LogP contribution in [0.25, 0.3) is 0 Å². The summed E-state index contributed by atoms with van der Waals surface area (Å²) in [5.74, 6) is 0. The molecule has 0 spiro atoms. The summed E-state index contributed by atoms with van der Waals surface area (Å²) in [6.07, 6.45) is 4.69. The van der Waals surface area contributed by atoms with Gasteiger partial charge in [-0.2, -0.15) is 0 Å². The maximum absolute atomic E-state index is 5.97. The van der Waals surface area contributed by atoms with E-state index in [9.17, 15) is 0 Å². The highest BCUT2D eigenvalue weighted by Crippen LogP contribution is 2.28. The third-order valence-corrected chi connectivity index (χ3v) is 3.32. The highest BCUT2D eigenvalue weighted by Gasteiger charge is 2.36. The van der Waals surface area contributed by atoms with Crippen LogP contribution in [0, 0.1) is 0 Å². The zero-order chi connectivity index (χ0) is 11.9. The minimum absolute atomic E-state index is 0.0397. The Morgan fingerprint density at radius 2 is 2.19 bits per heavy atom. The van der Waals surface area contributed by atoms with Crippen molar-refractivity contribution in [3.05, 3.63) is 0 Å². The lowest BCUT2D eigenvalue weighted by Gasteiger charge is -2.40. The summed E-state index contributed by atoms with van der Waals surface area (Å²) in [5, 5.41) is 3.50. The van der Waals surface area contributed by atoms with Gasteiger partial charge < -0.3 is 14.8 Å². The molecule has 2 atom stereocenters. The maximum atomic E-state index is 5.97. The Kier molecular flexibility index (Phi) is 6.32. The molecule has 1 saturated heterocycles. The van der Waals surface area contributed by atoms with Crippen molar-refractivity contribution in [2.24, 2.45) is 0 Å². The van der Waals surface area contributed by atoms with Crippen LogP contribution in [-0.4, -0.2) is 38.0 Å². The molecule has 0 aliphatic carbocycles. The van der Waals surface area contributed by atoms with Gasteiger partial charge in [0.15, 0.2) is 0 Å². The zero-order valence-electron chi connectivity index (χ0n) is 11.1. The molecule has 0 aromatic heterocycles. The second-order valence-corrected chi connectivity index (χ2v) is 4.80. The van der Waals surface area contributed by atoms with E-state index in [1.165, 1.54) is 12.8 Å². The van der Waals surface area contributed by atoms with Gasteiger partial charge in [-0.15, -0.1) is 0 Å². The topological polar surface area (TPSA) is 30.5 Å². The first-order chi connectivity index (χ1) is 7.73. The Balaban J connectivity index is 2.45. The lowest BCUT2D eigenvalue weighted by molar-refractivity contribution is -0.103. The van der Waals surface area contributed by atoms with Gasteiger partial charge in [-0.25, -0.2) is 0 Å². The summed E-state index contributed by atoms with van der Waals surface area (Å²) >= 11 is 0. The summed E-state index contributed by atoms with van der Waals surface area (Å²) in [4.78, 5) is 0. The van der Waals surface area contributed by atoms with Crippen LogP contribution in [0.4, 0.5) is 0 Å². The molecule has 1 aliphatic rings. The number of hydrogen-bond acceptors (Lipinski definition) is 3. The first-order valence-electron chi connectivity index (χ1n) is 6.68. The Bertz CT molecular complexity index is 179. The van der Waals surface area contributed by atoms with Gasteiger partial charge in [-0.3, -0.25) is 0 Å². The molecule has 1 N–H and O–H groups in total. The van der Waals surface area contributed by atoms with Gasteiger partial charge in [-0.05, 0) is 39.2 Å². The fourth-order valence-electron chi connectivity index (χ4n) is 2.27. The van der Waals surface area contributed by atoms with Gasteiger partial charge in [-0.1, -0.05) is 13.8 Å². The second-order valence-electron chi connectivity index (χ2n) is 4.80. The number of nitrogens with one attached hydrogen (secondary N) is 1. The maximum Gasteiger partial charge on any atom is 0.0829 e. The van der Waals surface area contributed by atoms with E-state index < -0.39 is 0 Å². The van der Waals surface area contributed by atoms with E-state index in [1.54, 1.807) is 0 Å². The number of rotatable bonds is 7. The molecular weight excluding hydrogens is 202 g/mol. The summed E-state index contributed by atoms with van der Waals surface area (Å²) in [6.45, 7) is 9.97. The third kappa shape index (κ3) is 4.04. The summed E-state index contributed by atoms with van der Waals surface area (Å²) in [6, 6.07) is 0.323. The van der Waals surface area contributed by atoms with Crippen LogP contribution in [0.3, 0.4) is 0 Å². The summed E-state index contributed by atoms with van der Waals surface area (Å²) in [7, 11) is 0. The average Bonchev–Trinajstić information content (AvgIpc) is 2.29. The van der Waals surface area contributed by atoms with Gasteiger partial charge >= 0.3 is 0 Å². The van der Waals surface area contributed by atoms with Crippen LogP contribution in [-0.2, 0) is 9.47 Å². The largest absolute Gasteiger partial charge is 0.380 e. The fraction of sp³-hybridized carbons (Fsp3) is 1.00. The lowest BCUT2D eigenvalue weighted by Crippen LogP contribution is -2.54. The van der Waals surface area contributed by atoms with Crippen molar-refractivity contribution < 1.29 is 9.47 Å². The van der Waals surface area contributed by atoms with Crippen molar-refractivity contribution in [3.8, 4) is 0 Å². The first kappa shape index (κ1) is 13.9. The van der Waals surface area contributed by atoms with Gasteiger partial charge in [0, 0.05) is 13.2 Å². The Labute approximate surface area is 99.9 Å². The molecule has 0 saturated carbocycles. The zero-order valence-corrected chi connectivity index (χ0v) is 11.1. The molecule has 96 valence electrons. The normalized spacial score (nSPS) is 27.9. The molecule has 0 radical (unpaired) electrons. The average molecular weight is 229 g/mol. The number of likely N-dealkylation sites (N-methyl/N-ethyl adjacent to an activating group) is 1. The van der Waals surface area contributed by atoms with Crippen molar-refractivity contribution in [2.45, 2.75) is 58.1 Å². The standard InChI is InChI=1S/C13H27NO2/c1-4-9-15-11-12(14-5-2)13(3)8-6-7-10-16-13/h12,14H,4-11H2,1-3H3. The molecule has 1 heterocycles. The molecule has 3 nitrogen and oxygen atoms in total.